The van der Waals surface area contributed by atoms with Crippen LogP contribution in [0, 0.1) is 5.41 Å². The monoisotopic (exact) mass is 385 g/mol. The highest BCUT2D eigenvalue weighted by Crippen LogP contribution is 2.44. The first-order chi connectivity index (χ1) is 11.4. The Labute approximate surface area is 151 Å². The second-order valence-corrected chi connectivity index (χ2v) is 10.5. The van der Waals surface area contributed by atoms with Gasteiger partial charge < -0.3 is 9.80 Å². The van der Waals surface area contributed by atoms with E-state index in [-0.39, 0.29) is 22.8 Å². The number of rotatable bonds is 2. The van der Waals surface area contributed by atoms with Gasteiger partial charge in [-0.15, -0.1) is 0 Å². The van der Waals surface area contributed by atoms with Crippen LogP contribution in [0.4, 0.5) is 11.4 Å². The summed E-state index contributed by atoms with van der Waals surface area (Å²) in [6.07, 6.45) is 3.57. The van der Waals surface area contributed by atoms with Gasteiger partial charge in [-0.1, -0.05) is 23.4 Å². The van der Waals surface area contributed by atoms with Gasteiger partial charge in [0.2, 0.25) is 0 Å². The Balaban J connectivity index is 1.75. The molecule has 0 aromatic heterocycles. The number of piperidine rings is 1. The summed E-state index contributed by atoms with van der Waals surface area (Å²) in [7, 11) is -3.02. The lowest BCUT2D eigenvalue weighted by Gasteiger charge is -2.34. The molecule has 3 saturated heterocycles. The van der Waals surface area contributed by atoms with Crippen molar-refractivity contribution in [2.75, 3.05) is 34.4 Å². The van der Waals surface area contributed by atoms with Crippen LogP contribution in [0.2, 0.25) is 5.02 Å². The van der Waals surface area contributed by atoms with E-state index in [0.29, 0.717) is 10.2 Å². The number of amidine groups is 1. The number of hydrogen-bond donors (Lipinski definition) is 1. The van der Waals surface area contributed by atoms with E-state index in [1.54, 1.807) is 0 Å². The molecule has 1 aromatic rings. The highest BCUT2D eigenvalue weighted by Gasteiger charge is 2.49. The SMILES string of the molecule is N=C1S[C@@H]2CS(=O)(=O)C[C@@H]2N1c1cc(Cl)ccc1N1CCCCC1. The minimum atomic E-state index is -3.02. The number of nitrogens with zero attached hydrogens (tertiary/aromatic N) is 2. The van der Waals surface area contributed by atoms with Gasteiger partial charge in [0.25, 0.3) is 0 Å². The first-order valence-electron chi connectivity index (χ1n) is 8.24. The number of thioether (sulfide) groups is 1. The molecule has 4 rings (SSSR count). The van der Waals surface area contributed by atoms with Crippen molar-refractivity contribution in [3.63, 3.8) is 0 Å². The minimum absolute atomic E-state index is 0.0457. The molecule has 3 fully saturated rings. The molecule has 8 heteroatoms. The molecule has 0 amide bonds. The average molecular weight is 386 g/mol. The maximum Gasteiger partial charge on any atom is 0.161 e. The molecule has 1 N–H and O–H groups in total. The summed E-state index contributed by atoms with van der Waals surface area (Å²) in [5.74, 6) is 0.291. The van der Waals surface area contributed by atoms with Crippen molar-refractivity contribution >= 4 is 49.7 Å². The molecule has 3 aliphatic heterocycles. The van der Waals surface area contributed by atoms with Gasteiger partial charge in [0.1, 0.15) is 0 Å². The average Bonchev–Trinajstić information content (AvgIpc) is 2.97. The summed E-state index contributed by atoms with van der Waals surface area (Å²) >= 11 is 7.61. The van der Waals surface area contributed by atoms with Gasteiger partial charge in [-0.3, -0.25) is 5.41 Å². The van der Waals surface area contributed by atoms with E-state index in [2.05, 4.69) is 4.90 Å². The third kappa shape index (κ3) is 2.91. The highest BCUT2D eigenvalue weighted by atomic mass is 35.5. The van der Waals surface area contributed by atoms with Crippen LogP contribution in [0.3, 0.4) is 0 Å². The zero-order valence-electron chi connectivity index (χ0n) is 13.2. The fourth-order valence-corrected chi connectivity index (χ4v) is 7.83. The molecular weight excluding hydrogens is 366 g/mol. The number of nitrogens with one attached hydrogen (secondary N) is 1. The van der Waals surface area contributed by atoms with Crippen molar-refractivity contribution < 1.29 is 8.42 Å². The molecule has 5 nitrogen and oxygen atoms in total. The lowest BCUT2D eigenvalue weighted by atomic mass is 10.1. The Morgan fingerprint density at radius 2 is 1.88 bits per heavy atom. The van der Waals surface area contributed by atoms with Gasteiger partial charge in [0.15, 0.2) is 15.0 Å². The summed E-state index contributed by atoms with van der Waals surface area (Å²) < 4.78 is 24.1. The largest absolute Gasteiger partial charge is 0.370 e. The van der Waals surface area contributed by atoms with Gasteiger partial charge in [-0.2, -0.15) is 0 Å². The van der Waals surface area contributed by atoms with E-state index in [4.69, 9.17) is 17.0 Å². The second-order valence-electron chi connectivity index (χ2n) is 6.66. The van der Waals surface area contributed by atoms with E-state index in [0.717, 1.165) is 37.3 Å². The van der Waals surface area contributed by atoms with Crippen molar-refractivity contribution in [3.8, 4) is 0 Å². The molecule has 0 saturated carbocycles. The first-order valence-corrected chi connectivity index (χ1v) is 11.3. The molecule has 130 valence electrons. The predicted molar refractivity (Wildman–Crippen MR) is 102 cm³/mol. The Morgan fingerprint density at radius 1 is 1.12 bits per heavy atom. The summed E-state index contributed by atoms with van der Waals surface area (Å²) in [6, 6.07) is 5.62. The van der Waals surface area contributed by atoms with Gasteiger partial charge in [0.05, 0.1) is 28.9 Å². The van der Waals surface area contributed by atoms with Crippen LogP contribution in [0.25, 0.3) is 0 Å². The highest BCUT2D eigenvalue weighted by molar-refractivity contribution is 8.15. The van der Waals surface area contributed by atoms with Crippen LogP contribution in [-0.4, -0.2) is 49.5 Å². The lowest BCUT2D eigenvalue weighted by molar-refractivity contribution is 0.577. The van der Waals surface area contributed by atoms with Crippen molar-refractivity contribution in [3.05, 3.63) is 23.2 Å². The lowest BCUT2D eigenvalue weighted by Crippen LogP contribution is -2.39. The van der Waals surface area contributed by atoms with E-state index < -0.39 is 9.84 Å². The Morgan fingerprint density at radius 3 is 2.62 bits per heavy atom. The predicted octanol–water partition coefficient (Wildman–Crippen LogP) is 2.98. The van der Waals surface area contributed by atoms with E-state index in [1.807, 2.05) is 23.1 Å². The van der Waals surface area contributed by atoms with Crippen LogP contribution >= 0.6 is 23.4 Å². The third-order valence-corrected chi connectivity index (χ3v) is 8.35. The number of anilines is 2. The van der Waals surface area contributed by atoms with Gasteiger partial charge in [0, 0.05) is 23.4 Å². The summed E-state index contributed by atoms with van der Waals surface area (Å²) in [5, 5.41) is 9.39. The summed E-state index contributed by atoms with van der Waals surface area (Å²) in [5.41, 5.74) is 1.95. The van der Waals surface area contributed by atoms with Crippen molar-refractivity contribution in [2.45, 2.75) is 30.6 Å². The van der Waals surface area contributed by atoms with Crippen LogP contribution in [0.15, 0.2) is 18.2 Å². The number of sulfone groups is 1. The maximum atomic E-state index is 12.0. The van der Waals surface area contributed by atoms with E-state index >= 15 is 0 Å². The Hall–Kier alpha value is -0.920. The fourth-order valence-electron chi connectivity index (χ4n) is 3.88. The molecule has 0 unspecified atom stereocenters. The van der Waals surface area contributed by atoms with Crippen molar-refractivity contribution in [1.82, 2.24) is 0 Å². The molecule has 3 aliphatic rings. The molecule has 2 atom stereocenters. The van der Waals surface area contributed by atoms with Crippen LogP contribution < -0.4 is 9.80 Å². The van der Waals surface area contributed by atoms with Gasteiger partial charge in [-0.25, -0.2) is 8.42 Å². The topological polar surface area (TPSA) is 64.5 Å². The summed E-state index contributed by atoms with van der Waals surface area (Å²) in [6.45, 7) is 1.99. The number of hydrogen-bond acceptors (Lipinski definition) is 5. The number of benzene rings is 1. The number of halogens is 1. The molecular formula is C16H20ClN3O2S2. The van der Waals surface area contributed by atoms with Crippen LogP contribution in [0.1, 0.15) is 19.3 Å². The van der Waals surface area contributed by atoms with Crippen LogP contribution in [-0.2, 0) is 9.84 Å². The zero-order valence-corrected chi connectivity index (χ0v) is 15.6. The Kier molecular flexibility index (Phi) is 4.21. The molecule has 24 heavy (non-hydrogen) atoms. The second kappa shape index (κ2) is 6.11. The minimum Gasteiger partial charge on any atom is -0.370 e. The fraction of sp³-hybridized carbons (Fsp3) is 0.562. The molecule has 1 aromatic carbocycles. The molecule has 0 bridgehead atoms. The normalized spacial score (nSPS) is 29.1. The standard InChI is InChI=1S/C16H20ClN3O2S2/c17-11-4-5-12(19-6-2-1-3-7-19)13(8-11)20-14-9-24(21,22)10-15(14)23-16(20)18/h4-5,8,14-15,18H,1-3,6-7,9-10H2/t14-,15+/m0/s1. The Bertz CT molecular complexity index is 778. The van der Waals surface area contributed by atoms with Gasteiger partial charge in [-0.05, 0) is 37.5 Å². The third-order valence-electron chi connectivity index (χ3n) is 4.98. The zero-order chi connectivity index (χ0) is 16.9. The molecule has 0 spiro atoms. The molecule has 3 heterocycles. The van der Waals surface area contributed by atoms with Crippen LogP contribution in [0.5, 0.6) is 0 Å². The summed E-state index contributed by atoms with van der Waals surface area (Å²) in [4.78, 5) is 4.24. The van der Waals surface area contributed by atoms with Gasteiger partial charge >= 0.3 is 0 Å². The molecule has 0 aliphatic carbocycles. The smallest absolute Gasteiger partial charge is 0.161 e. The molecule has 0 radical (unpaired) electrons. The number of fused-ring (bicyclic) bond motifs is 1. The first kappa shape index (κ1) is 16.5. The van der Waals surface area contributed by atoms with E-state index in [9.17, 15) is 8.42 Å². The van der Waals surface area contributed by atoms with Crippen molar-refractivity contribution in [2.24, 2.45) is 0 Å². The van der Waals surface area contributed by atoms with Crippen molar-refractivity contribution in [1.29, 1.82) is 5.41 Å². The van der Waals surface area contributed by atoms with E-state index in [1.165, 1.54) is 18.2 Å². The maximum absolute atomic E-state index is 12.0. The quantitative estimate of drug-likeness (QED) is 0.847.